The summed E-state index contributed by atoms with van der Waals surface area (Å²) < 4.78 is 36.6. The first kappa shape index (κ1) is 24.9. The van der Waals surface area contributed by atoms with Crippen molar-refractivity contribution in [2.75, 3.05) is 14.2 Å². The fourth-order valence-corrected chi connectivity index (χ4v) is 4.71. The van der Waals surface area contributed by atoms with Crippen molar-refractivity contribution in [3.63, 3.8) is 0 Å². The predicted molar refractivity (Wildman–Crippen MR) is 121 cm³/mol. The Morgan fingerprint density at radius 2 is 1.50 bits per heavy atom. The van der Waals surface area contributed by atoms with Crippen molar-refractivity contribution < 1.29 is 27.5 Å². The maximum absolute atomic E-state index is 13.4. The van der Waals surface area contributed by atoms with Gasteiger partial charge in [-0.2, -0.15) is 0 Å². The molecule has 0 unspecified atom stereocenters. The van der Waals surface area contributed by atoms with Gasteiger partial charge in [0.1, 0.15) is 0 Å². The van der Waals surface area contributed by atoms with Gasteiger partial charge in [0.2, 0.25) is 9.84 Å². The van der Waals surface area contributed by atoms with Crippen LogP contribution in [0.2, 0.25) is 0 Å². The van der Waals surface area contributed by atoms with E-state index in [-0.39, 0.29) is 16.2 Å². The Balaban J connectivity index is 2.65. The first-order valence-electron chi connectivity index (χ1n) is 9.87. The SMILES string of the molecule is C=CCC(CC(=C=CCc1ccccc1)S(=O)(=O)c1ccccc1)(C(=O)OC)C(=O)OC. The summed E-state index contributed by atoms with van der Waals surface area (Å²) >= 11 is 0. The third kappa shape index (κ3) is 5.63. The molecule has 0 heterocycles. The molecule has 0 spiro atoms. The minimum atomic E-state index is -4.07. The van der Waals surface area contributed by atoms with Gasteiger partial charge in [-0.15, -0.1) is 12.3 Å². The number of esters is 2. The number of ether oxygens (including phenoxy) is 2. The van der Waals surface area contributed by atoms with Crippen molar-refractivity contribution in [1.29, 1.82) is 0 Å². The number of methoxy groups -OCH3 is 2. The highest BCUT2D eigenvalue weighted by Gasteiger charge is 2.49. The highest BCUT2D eigenvalue weighted by molar-refractivity contribution is 7.95. The molecule has 0 aliphatic heterocycles. The van der Waals surface area contributed by atoms with E-state index in [1.54, 1.807) is 24.3 Å². The van der Waals surface area contributed by atoms with E-state index in [0.717, 1.165) is 19.8 Å². The number of hydrogen-bond donors (Lipinski definition) is 0. The highest BCUT2D eigenvalue weighted by Crippen LogP contribution is 2.37. The Labute approximate surface area is 188 Å². The number of hydrogen-bond acceptors (Lipinski definition) is 6. The maximum atomic E-state index is 13.4. The van der Waals surface area contributed by atoms with Crippen LogP contribution in [0.15, 0.2) is 94.9 Å². The Morgan fingerprint density at radius 3 is 2.00 bits per heavy atom. The van der Waals surface area contributed by atoms with E-state index < -0.39 is 33.6 Å². The molecule has 0 radical (unpaired) electrons. The lowest BCUT2D eigenvalue weighted by atomic mass is 9.81. The van der Waals surface area contributed by atoms with Crippen LogP contribution < -0.4 is 0 Å². The first-order chi connectivity index (χ1) is 15.3. The molecule has 0 aliphatic rings. The zero-order valence-electron chi connectivity index (χ0n) is 18.1. The van der Waals surface area contributed by atoms with Crippen LogP contribution in [0.25, 0.3) is 0 Å². The molecule has 32 heavy (non-hydrogen) atoms. The second-order valence-corrected chi connectivity index (χ2v) is 8.98. The van der Waals surface area contributed by atoms with Crippen LogP contribution in [0.1, 0.15) is 18.4 Å². The van der Waals surface area contributed by atoms with Crippen LogP contribution in [-0.4, -0.2) is 34.6 Å². The molecule has 0 amide bonds. The van der Waals surface area contributed by atoms with E-state index in [1.165, 1.54) is 18.2 Å². The fraction of sp³-hybridized carbons (Fsp3) is 0.240. The van der Waals surface area contributed by atoms with Crippen LogP contribution in [0.3, 0.4) is 0 Å². The summed E-state index contributed by atoms with van der Waals surface area (Å²) in [5, 5.41) is 0. The Bertz CT molecular complexity index is 1100. The molecule has 7 heteroatoms. The maximum Gasteiger partial charge on any atom is 0.323 e. The van der Waals surface area contributed by atoms with Gasteiger partial charge in [-0.3, -0.25) is 9.59 Å². The van der Waals surface area contributed by atoms with E-state index in [1.807, 2.05) is 30.3 Å². The summed E-state index contributed by atoms with van der Waals surface area (Å²) in [6.45, 7) is 3.61. The minimum absolute atomic E-state index is 0.0258. The highest BCUT2D eigenvalue weighted by atomic mass is 32.2. The van der Waals surface area contributed by atoms with Gasteiger partial charge in [-0.25, -0.2) is 8.42 Å². The molecule has 2 aromatic rings. The smallest absolute Gasteiger partial charge is 0.323 e. The molecule has 0 saturated carbocycles. The monoisotopic (exact) mass is 454 g/mol. The number of rotatable bonds is 10. The van der Waals surface area contributed by atoms with Crippen molar-refractivity contribution in [3.05, 3.63) is 95.6 Å². The van der Waals surface area contributed by atoms with Gasteiger partial charge < -0.3 is 9.47 Å². The van der Waals surface area contributed by atoms with E-state index in [4.69, 9.17) is 9.47 Å². The lowest BCUT2D eigenvalue weighted by molar-refractivity contribution is -0.168. The van der Waals surface area contributed by atoms with E-state index in [0.29, 0.717) is 6.42 Å². The Morgan fingerprint density at radius 1 is 0.969 bits per heavy atom. The summed E-state index contributed by atoms with van der Waals surface area (Å²) in [5.74, 6) is -1.82. The summed E-state index contributed by atoms with van der Waals surface area (Å²) in [5.41, 5.74) is 1.88. The largest absolute Gasteiger partial charge is 0.468 e. The Kier molecular flexibility index (Phi) is 8.76. The third-order valence-electron chi connectivity index (χ3n) is 4.93. The summed E-state index contributed by atoms with van der Waals surface area (Å²) in [6.07, 6.45) is 2.69. The van der Waals surface area contributed by atoms with Gasteiger partial charge >= 0.3 is 11.9 Å². The Hall–Kier alpha value is -3.41. The zero-order chi connectivity index (χ0) is 23.6. The number of sulfone groups is 1. The van der Waals surface area contributed by atoms with Crippen LogP contribution in [0, 0.1) is 5.41 Å². The molecule has 6 nitrogen and oxygen atoms in total. The molecule has 0 aliphatic carbocycles. The van der Waals surface area contributed by atoms with Gasteiger partial charge in [-0.1, -0.05) is 54.6 Å². The molecule has 2 aromatic carbocycles. The normalized spacial score (nSPS) is 11.1. The molecule has 168 valence electrons. The lowest BCUT2D eigenvalue weighted by Gasteiger charge is -2.27. The average molecular weight is 455 g/mol. The van der Waals surface area contributed by atoms with Crippen molar-refractivity contribution in [2.45, 2.75) is 24.2 Å². The van der Waals surface area contributed by atoms with Crippen LogP contribution >= 0.6 is 0 Å². The van der Waals surface area contributed by atoms with Crippen LogP contribution in [0.5, 0.6) is 0 Å². The second kappa shape index (κ2) is 11.3. The first-order valence-corrected chi connectivity index (χ1v) is 11.4. The summed E-state index contributed by atoms with van der Waals surface area (Å²) in [6, 6.07) is 17.2. The fourth-order valence-electron chi connectivity index (χ4n) is 3.24. The lowest BCUT2D eigenvalue weighted by Crippen LogP contribution is -2.42. The van der Waals surface area contributed by atoms with Crippen molar-refractivity contribution in [1.82, 2.24) is 0 Å². The summed E-state index contributed by atoms with van der Waals surface area (Å²) in [7, 11) is -1.81. The second-order valence-electron chi connectivity index (χ2n) is 7.01. The molecule has 0 N–H and O–H groups in total. The van der Waals surface area contributed by atoms with E-state index >= 15 is 0 Å². The van der Waals surface area contributed by atoms with Crippen LogP contribution in [0.4, 0.5) is 0 Å². The predicted octanol–water partition coefficient (Wildman–Crippen LogP) is 4.04. The molecule has 0 saturated heterocycles. The minimum Gasteiger partial charge on any atom is -0.468 e. The van der Waals surface area contributed by atoms with Crippen molar-refractivity contribution >= 4 is 21.8 Å². The third-order valence-corrected chi connectivity index (χ3v) is 6.73. The van der Waals surface area contributed by atoms with E-state index in [2.05, 4.69) is 12.3 Å². The summed E-state index contributed by atoms with van der Waals surface area (Å²) in [4.78, 5) is 25.2. The quantitative estimate of drug-likeness (QED) is 0.233. The number of carbonyl (C=O) groups is 2. The average Bonchev–Trinajstić information content (AvgIpc) is 2.82. The number of allylic oxidation sites excluding steroid dienone is 2. The molecule has 0 atom stereocenters. The number of carbonyl (C=O) groups excluding carboxylic acids is 2. The molecule has 0 bridgehead atoms. The van der Waals surface area contributed by atoms with E-state index in [9.17, 15) is 18.0 Å². The van der Waals surface area contributed by atoms with Gasteiger partial charge in [0.05, 0.1) is 24.0 Å². The topological polar surface area (TPSA) is 86.7 Å². The molecular weight excluding hydrogens is 428 g/mol. The molecule has 0 fully saturated rings. The molecule has 0 aromatic heterocycles. The van der Waals surface area contributed by atoms with Gasteiger partial charge in [0, 0.05) is 6.42 Å². The van der Waals surface area contributed by atoms with Crippen molar-refractivity contribution in [2.24, 2.45) is 5.41 Å². The van der Waals surface area contributed by atoms with Gasteiger partial charge in [0.15, 0.2) is 5.41 Å². The van der Waals surface area contributed by atoms with Crippen molar-refractivity contribution in [3.8, 4) is 0 Å². The van der Waals surface area contributed by atoms with Crippen LogP contribution in [-0.2, 0) is 35.3 Å². The standard InChI is InChI=1S/C25H26O6S/c1-4-18-25(23(26)30-2,24(27)31-3)19-22(17-11-14-20-12-7-5-8-13-20)32(28,29)21-15-9-6-10-16-21/h4-13,15-16H,1,14,18-19H2,2-3H3. The van der Waals surface area contributed by atoms with Gasteiger partial charge in [0.25, 0.3) is 0 Å². The van der Waals surface area contributed by atoms with Gasteiger partial charge in [-0.05, 0) is 36.6 Å². The zero-order valence-corrected chi connectivity index (χ0v) is 18.9. The number of benzene rings is 2. The molecule has 2 rings (SSSR count). The molecular formula is C25H26O6S.